The first-order valence-corrected chi connectivity index (χ1v) is 51.6. The van der Waals surface area contributed by atoms with Crippen LogP contribution in [0.1, 0.15) is 173 Å². The number of benzene rings is 3. The second-order valence-electron chi connectivity index (χ2n) is 30.8. The molecule has 0 aliphatic rings. The van der Waals surface area contributed by atoms with Crippen molar-refractivity contribution in [3.63, 3.8) is 0 Å². The van der Waals surface area contributed by atoms with E-state index in [4.69, 9.17) is 16.6 Å². The van der Waals surface area contributed by atoms with Crippen LogP contribution in [-0.4, -0.2) is 317 Å². The molecule has 55 heteroatoms. The zero-order valence-corrected chi connectivity index (χ0v) is 85.4. The molecule has 0 heterocycles. The Balaban J connectivity index is -0.00000436. The highest BCUT2D eigenvalue weighted by Crippen LogP contribution is 2.20. The van der Waals surface area contributed by atoms with E-state index in [1.165, 1.54) is 124 Å². The average molecular weight is 2070 g/mol. The highest BCUT2D eigenvalue weighted by Gasteiger charge is 2.40. The Labute approximate surface area is 809 Å². The Morgan fingerprint density at radius 3 is 0.906 bits per heavy atom. The van der Waals surface area contributed by atoms with Crippen molar-refractivity contribution in [1.29, 1.82) is 0 Å². The van der Waals surface area contributed by atoms with Gasteiger partial charge in [0, 0.05) is 19.3 Å². The van der Waals surface area contributed by atoms with Crippen LogP contribution >= 0.6 is 0 Å². The molecule has 3 rings (SSSR count). The quantitative estimate of drug-likeness (QED) is 0.0184. The van der Waals surface area contributed by atoms with Crippen molar-refractivity contribution < 1.29 is 183 Å². The van der Waals surface area contributed by atoms with Gasteiger partial charge < -0.3 is 129 Å². The number of carboxylic acid groups (broad SMARTS) is 3. The molecule has 138 heavy (non-hydrogen) atoms. The van der Waals surface area contributed by atoms with Crippen LogP contribution in [0, 0.1) is 5.92 Å². The van der Waals surface area contributed by atoms with E-state index >= 15 is 0 Å². The molecule has 20 N–H and O–H groups in total. The van der Waals surface area contributed by atoms with Gasteiger partial charge in [-0.1, -0.05) is 56.7 Å². The summed E-state index contributed by atoms with van der Waals surface area (Å²) in [5, 5.41) is 44.6. The number of hydrogen-bond donors (Lipinski definition) is 18. The van der Waals surface area contributed by atoms with E-state index in [-0.39, 0.29) is 29.5 Å². The third-order valence-electron chi connectivity index (χ3n) is 21.2. The maximum atomic E-state index is 14.9. The molecule has 3 aromatic rings. The van der Waals surface area contributed by atoms with Gasteiger partial charge in [-0.05, 0) is 183 Å². The van der Waals surface area contributed by atoms with Crippen molar-refractivity contribution in [2.45, 2.75) is 236 Å². The lowest BCUT2D eigenvalue weighted by Gasteiger charge is -2.30. The maximum Gasteiger partial charge on any atom is 0.326 e. The summed E-state index contributed by atoms with van der Waals surface area (Å²) in [7, 11) is -27.9. The standard InChI is InChI=1S/C53H70N10O35S5.5C6H15N/c1-4-25(2)43(62-49(73)38(23-42(67)68)57-45(69)33(54)19-27-5-11-30(12-6-27)96-101(85,86)87)51(75)60-37(22-40(55)64)47(71)58-35(20-28-7-13-31(14-8-28)97-102(88,89)90)46(70)59-36(21-29-9-15-32(16-10-29)98-103(91,92)93)48(72)63-44(26(3)95-100(82,83)84)52(76)61-39(24-94-99(79,80)81)50(74)56-34(53(77)78)17-18-41(65)66;5*1-4-7(5-2)6-3/h5-16,25-26,33-39,43-44H,4,17-24,54H2,1-3H3,(H2,55,64)(H,56,74)(H,57,69)(H,58,71)(H,59,70)(H,60,75)(H,61,76)(H,62,73)(H,63,72)(H,65,66)(H,67,68)(H,77,78)(H,79,80,81)(H,82,83,84)(H,85,86,87)(H,88,89,90)(H,91,92,93);5*4-6H2,1-3H3/t25-,26+,33-,34-,35-,36-,37-,38-,39-,43-,44-;;;;;/m0...../s1. The molecule has 50 nitrogen and oxygen atoms in total. The lowest BCUT2D eigenvalue weighted by atomic mass is 9.96. The van der Waals surface area contributed by atoms with Crippen LogP contribution in [0.5, 0.6) is 17.2 Å². The highest BCUT2D eigenvalue weighted by atomic mass is 32.3. The Morgan fingerprint density at radius 1 is 0.341 bits per heavy atom. The number of rotatable bonds is 59. The average Bonchev–Trinajstić information content (AvgIpc) is 0.843. The third kappa shape index (κ3) is 61.4. The monoisotopic (exact) mass is 2070 g/mol. The second kappa shape index (κ2) is 68.9. The lowest BCUT2D eigenvalue weighted by Crippen LogP contribution is -3.11. The number of carboxylic acids is 3. The number of amides is 9. The summed E-state index contributed by atoms with van der Waals surface area (Å²) < 4.78 is 193. The number of aliphatic carboxylic acids is 3. The Hall–Kier alpha value is -10.1. The van der Waals surface area contributed by atoms with Gasteiger partial charge in [0.05, 0.1) is 124 Å². The minimum atomic E-state index is -5.97. The van der Waals surface area contributed by atoms with Crippen LogP contribution in [0.25, 0.3) is 0 Å². The molecule has 0 aliphatic carbocycles. The zero-order chi connectivity index (χ0) is 107. The SMILES string of the molecule is CC[C@H](C)[C@H](NC(=O)[C@H](CC(=O)O)NC(=O)[C@@H](N)Cc1ccc(OS(=O)(=O)[O-])cc1)C(=O)N[C@@H](CC(N)=O)C(=O)N[C@@H](Cc1ccc(OS(=O)(=O)[O-])cc1)C(=O)N[C@@H](Cc1ccc(OS(=O)(=O)[O-])cc1)C(=O)N[C@H](C(=O)N[C@@H](COS(=O)(=O)[O-])C(=O)N[C@@H](CCC(=O)O)C(=O)O)[C@@H](C)OS(=O)(=O)[O-].CC[NH+](CC)CC.CC[NH+](CC)CC.CC[NH+](CC)CC.CC[NH+](CC)CC.CC[NH+](CC)CC. The van der Waals surface area contributed by atoms with Crippen LogP contribution in [0.4, 0.5) is 0 Å². The molecule has 0 saturated carbocycles. The predicted molar refractivity (Wildman–Crippen MR) is 494 cm³/mol. The summed E-state index contributed by atoms with van der Waals surface area (Å²) in [6.45, 7) is 54.1. The second-order valence-corrected chi connectivity index (χ2v) is 35.9. The van der Waals surface area contributed by atoms with Gasteiger partial charge in [0.1, 0.15) is 71.7 Å². The molecule has 792 valence electrons. The number of carbonyl (C=O) groups excluding carboxylic acids is 9. The normalized spacial score (nSPS) is 13.9. The number of quaternary nitrogens is 5. The highest BCUT2D eigenvalue weighted by molar-refractivity contribution is 7.82. The van der Waals surface area contributed by atoms with Gasteiger partial charge >= 0.3 is 17.9 Å². The number of carbonyl (C=O) groups is 12. The van der Waals surface area contributed by atoms with Crippen molar-refractivity contribution in [3.8, 4) is 17.2 Å². The van der Waals surface area contributed by atoms with Gasteiger partial charge in [0.2, 0.25) is 74.0 Å². The molecular formula is C83H145N15O35S5. The molecule has 0 aromatic heterocycles. The molecule has 0 bridgehead atoms. The van der Waals surface area contributed by atoms with E-state index in [0.717, 1.165) is 60.7 Å². The number of nitrogens with two attached hydrogens (primary N) is 2. The lowest BCUT2D eigenvalue weighted by molar-refractivity contribution is -0.894. The van der Waals surface area contributed by atoms with Crippen LogP contribution in [-0.2, 0) is 137 Å². The van der Waals surface area contributed by atoms with Gasteiger partial charge in [-0.25, -0.2) is 46.9 Å². The fourth-order valence-electron chi connectivity index (χ4n) is 12.5. The topological polar surface area (TPSA) is 768 Å². The van der Waals surface area contributed by atoms with Gasteiger partial charge in [-0.2, -0.15) is 0 Å². The first-order valence-electron chi connectivity index (χ1n) is 44.9. The predicted octanol–water partition coefficient (Wildman–Crippen LogP) is -8.22. The molecule has 11 atom stereocenters. The van der Waals surface area contributed by atoms with E-state index in [2.05, 4.69) is 151 Å². The molecule has 0 saturated heterocycles. The van der Waals surface area contributed by atoms with Crippen LogP contribution in [0.3, 0.4) is 0 Å². The summed E-state index contributed by atoms with van der Waals surface area (Å²) in [6, 6.07) is -7.98. The third-order valence-corrected chi connectivity index (χ3v) is 23.4. The van der Waals surface area contributed by atoms with E-state index in [1.54, 1.807) is 35.1 Å². The summed E-state index contributed by atoms with van der Waals surface area (Å²) >= 11 is 0. The van der Waals surface area contributed by atoms with Gasteiger partial charge in [0.15, 0.2) is 0 Å². The molecule has 9 amide bonds. The summed E-state index contributed by atoms with van der Waals surface area (Å²) in [5.41, 5.74) is 11.4. The van der Waals surface area contributed by atoms with Gasteiger partial charge in [0.25, 0.3) is 31.2 Å². The first-order chi connectivity index (χ1) is 64.1. The van der Waals surface area contributed by atoms with Crippen molar-refractivity contribution in [2.24, 2.45) is 17.4 Å². The first kappa shape index (κ1) is 132. The van der Waals surface area contributed by atoms with Gasteiger partial charge in [-0.3, -0.25) is 61.1 Å². The van der Waals surface area contributed by atoms with Crippen molar-refractivity contribution >= 4 is 123 Å². The van der Waals surface area contributed by atoms with Crippen LogP contribution in [0.2, 0.25) is 0 Å². The van der Waals surface area contributed by atoms with E-state index in [1.807, 2.05) is 5.32 Å². The minimum Gasteiger partial charge on any atom is -0.726 e. The van der Waals surface area contributed by atoms with Gasteiger partial charge in [-0.15, -0.1) is 0 Å². The Morgan fingerprint density at radius 2 is 0.616 bits per heavy atom. The summed E-state index contributed by atoms with van der Waals surface area (Å²) in [4.78, 5) is 169. The van der Waals surface area contributed by atoms with E-state index in [9.17, 15) is 133 Å². The van der Waals surface area contributed by atoms with E-state index in [0.29, 0.717) is 6.92 Å². The Kier molecular flexibility index (Phi) is 65.9. The van der Waals surface area contributed by atoms with Crippen molar-refractivity contribution in [3.05, 3.63) is 89.5 Å². The smallest absolute Gasteiger partial charge is 0.326 e. The molecule has 0 radical (unpaired) electrons. The fourth-order valence-corrected chi connectivity index (χ4v) is 14.3. The number of hydrogen-bond acceptors (Lipinski definition) is 33. The Bertz CT molecular complexity index is 4690. The minimum absolute atomic E-state index is 0.0126. The zero-order valence-electron chi connectivity index (χ0n) is 81.4. The molecule has 0 unspecified atom stereocenters. The number of primary amides is 1. The van der Waals surface area contributed by atoms with E-state index < -0.39 is 252 Å². The van der Waals surface area contributed by atoms with Crippen LogP contribution < -0.4 is 91.1 Å². The summed E-state index contributed by atoms with van der Waals surface area (Å²) in [5.74, 6) is -21.7. The molecule has 0 aliphatic heterocycles. The fraction of sp³-hybridized carbons (Fsp3) is 0.639. The van der Waals surface area contributed by atoms with Crippen molar-refractivity contribution in [2.75, 3.05) is 105 Å². The van der Waals surface area contributed by atoms with Crippen LogP contribution in [0.15, 0.2) is 72.8 Å². The summed E-state index contributed by atoms with van der Waals surface area (Å²) in [6.07, 6.45) is -8.81. The molecule has 3 aromatic carbocycles. The van der Waals surface area contributed by atoms with Crippen molar-refractivity contribution in [1.82, 2.24) is 42.5 Å². The molecule has 0 spiro atoms. The molecular weight excluding hydrogens is 1930 g/mol. The number of nitrogens with one attached hydrogen (secondary N) is 13. The maximum absolute atomic E-state index is 14.9. The molecule has 0 fully saturated rings. The largest absolute Gasteiger partial charge is 0.726 e.